The lowest BCUT2D eigenvalue weighted by molar-refractivity contribution is -0.113. The molecule has 0 saturated heterocycles. The number of nitrogens with zero attached hydrogens (tertiary/aromatic N) is 3. The molecule has 0 aliphatic carbocycles. The standard InChI is InChI=1S/C17H22N4O2S/c1-5-8-21-15(10-23-4)19-20-17(21)24-11-16(22)18-14-7-6-12(2)9-13(14)3/h5-7,9H,1,8,10-11H2,2-4H3,(H,18,22). The molecule has 0 unspecified atom stereocenters. The van der Waals surface area contributed by atoms with Crippen molar-refractivity contribution in [3.63, 3.8) is 0 Å². The fourth-order valence-electron chi connectivity index (χ4n) is 2.24. The van der Waals surface area contributed by atoms with Gasteiger partial charge in [-0.15, -0.1) is 16.8 Å². The number of thioether (sulfide) groups is 1. The molecule has 1 heterocycles. The Kier molecular flexibility index (Phi) is 6.57. The largest absolute Gasteiger partial charge is 0.377 e. The van der Waals surface area contributed by atoms with Crippen LogP contribution in [0.2, 0.25) is 0 Å². The zero-order valence-corrected chi connectivity index (χ0v) is 15.0. The summed E-state index contributed by atoms with van der Waals surface area (Å²) in [5.74, 6) is 0.901. The summed E-state index contributed by atoms with van der Waals surface area (Å²) in [5, 5.41) is 11.8. The van der Waals surface area contributed by atoms with Gasteiger partial charge in [0.15, 0.2) is 11.0 Å². The van der Waals surface area contributed by atoms with Gasteiger partial charge < -0.3 is 14.6 Å². The Labute approximate surface area is 146 Å². The van der Waals surface area contributed by atoms with E-state index in [1.54, 1.807) is 13.2 Å². The number of carbonyl (C=O) groups is 1. The second-order valence-corrected chi connectivity index (χ2v) is 6.33. The minimum Gasteiger partial charge on any atom is -0.377 e. The van der Waals surface area contributed by atoms with Gasteiger partial charge >= 0.3 is 0 Å². The minimum atomic E-state index is -0.0756. The summed E-state index contributed by atoms with van der Waals surface area (Å²) in [4.78, 5) is 12.2. The average molecular weight is 346 g/mol. The highest BCUT2D eigenvalue weighted by atomic mass is 32.2. The van der Waals surface area contributed by atoms with E-state index in [2.05, 4.69) is 22.1 Å². The van der Waals surface area contributed by atoms with Crippen molar-refractivity contribution in [3.05, 3.63) is 47.8 Å². The van der Waals surface area contributed by atoms with Gasteiger partial charge in [0.1, 0.15) is 6.61 Å². The van der Waals surface area contributed by atoms with Crippen LogP contribution in [0.25, 0.3) is 0 Å². The predicted octanol–water partition coefficient (Wildman–Crippen LogP) is 2.96. The number of hydrogen-bond donors (Lipinski definition) is 1. The second kappa shape index (κ2) is 8.65. The van der Waals surface area contributed by atoms with Crippen LogP contribution in [0, 0.1) is 13.8 Å². The number of anilines is 1. The summed E-state index contributed by atoms with van der Waals surface area (Å²) in [6, 6.07) is 5.94. The van der Waals surface area contributed by atoms with Gasteiger partial charge in [-0.25, -0.2) is 0 Å². The maximum Gasteiger partial charge on any atom is 0.234 e. The van der Waals surface area contributed by atoms with E-state index in [9.17, 15) is 4.79 Å². The summed E-state index contributed by atoms with van der Waals surface area (Å²) < 4.78 is 7.00. The molecule has 0 radical (unpaired) electrons. The number of allylic oxidation sites excluding steroid dienone is 1. The van der Waals surface area contributed by atoms with Crippen molar-refractivity contribution in [1.82, 2.24) is 14.8 Å². The summed E-state index contributed by atoms with van der Waals surface area (Å²) in [5.41, 5.74) is 3.05. The van der Waals surface area contributed by atoms with E-state index in [0.717, 1.165) is 17.1 Å². The Morgan fingerprint density at radius 2 is 2.21 bits per heavy atom. The topological polar surface area (TPSA) is 69.0 Å². The molecule has 24 heavy (non-hydrogen) atoms. The number of benzene rings is 1. The van der Waals surface area contributed by atoms with Crippen molar-refractivity contribution in [2.45, 2.75) is 32.2 Å². The highest BCUT2D eigenvalue weighted by molar-refractivity contribution is 7.99. The van der Waals surface area contributed by atoms with E-state index in [1.165, 1.54) is 17.3 Å². The van der Waals surface area contributed by atoms with Crippen LogP contribution in [0.1, 0.15) is 17.0 Å². The molecule has 0 fully saturated rings. The first-order valence-corrected chi connectivity index (χ1v) is 8.55. The highest BCUT2D eigenvalue weighted by Gasteiger charge is 2.13. The van der Waals surface area contributed by atoms with Crippen LogP contribution in [0.5, 0.6) is 0 Å². The highest BCUT2D eigenvalue weighted by Crippen LogP contribution is 2.20. The van der Waals surface area contributed by atoms with Crippen LogP contribution in [0.15, 0.2) is 36.0 Å². The van der Waals surface area contributed by atoms with E-state index in [1.807, 2.05) is 36.6 Å². The minimum absolute atomic E-state index is 0.0756. The molecule has 0 aliphatic rings. The third-order valence-corrected chi connectivity index (χ3v) is 4.33. The van der Waals surface area contributed by atoms with Crippen LogP contribution in [0.3, 0.4) is 0 Å². The lowest BCUT2D eigenvalue weighted by Crippen LogP contribution is -2.15. The number of nitrogens with one attached hydrogen (secondary N) is 1. The van der Waals surface area contributed by atoms with Crippen molar-refractivity contribution >= 4 is 23.4 Å². The van der Waals surface area contributed by atoms with E-state index < -0.39 is 0 Å². The molecule has 1 amide bonds. The summed E-state index contributed by atoms with van der Waals surface area (Å²) in [6.07, 6.45) is 1.77. The average Bonchev–Trinajstić information content (AvgIpc) is 2.91. The molecular formula is C17H22N4O2S. The maximum absolute atomic E-state index is 12.2. The van der Waals surface area contributed by atoms with Gasteiger partial charge in [0.2, 0.25) is 5.91 Å². The Bertz CT molecular complexity index is 727. The molecule has 0 bridgehead atoms. The van der Waals surface area contributed by atoms with E-state index in [0.29, 0.717) is 18.3 Å². The monoisotopic (exact) mass is 346 g/mol. The molecule has 0 saturated carbocycles. The van der Waals surface area contributed by atoms with Gasteiger partial charge in [0, 0.05) is 19.3 Å². The van der Waals surface area contributed by atoms with Crippen molar-refractivity contribution in [3.8, 4) is 0 Å². The van der Waals surface area contributed by atoms with Crippen LogP contribution in [-0.2, 0) is 22.7 Å². The molecule has 2 rings (SSSR count). The molecule has 7 heteroatoms. The van der Waals surface area contributed by atoms with Crippen LogP contribution in [-0.4, -0.2) is 33.5 Å². The zero-order valence-electron chi connectivity index (χ0n) is 14.2. The third-order valence-electron chi connectivity index (χ3n) is 3.37. The Hall–Kier alpha value is -2.12. The molecule has 2 aromatic rings. The second-order valence-electron chi connectivity index (χ2n) is 5.39. The number of aryl methyl sites for hydroxylation is 2. The fraction of sp³-hybridized carbons (Fsp3) is 0.353. The van der Waals surface area contributed by atoms with E-state index in [4.69, 9.17) is 4.74 Å². The summed E-state index contributed by atoms with van der Waals surface area (Å²) >= 11 is 1.34. The maximum atomic E-state index is 12.2. The first-order valence-electron chi connectivity index (χ1n) is 7.57. The van der Waals surface area contributed by atoms with Crippen molar-refractivity contribution in [2.24, 2.45) is 0 Å². The molecule has 1 N–H and O–H groups in total. The molecule has 0 aliphatic heterocycles. The number of rotatable bonds is 8. The Morgan fingerprint density at radius 1 is 1.42 bits per heavy atom. The van der Waals surface area contributed by atoms with Gasteiger partial charge in [-0.2, -0.15) is 0 Å². The zero-order chi connectivity index (χ0) is 17.5. The lowest BCUT2D eigenvalue weighted by atomic mass is 10.1. The first-order chi connectivity index (χ1) is 11.5. The third kappa shape index (κ3) is 4.69. The van der Waals surface area contributed by atoms with Crippen LogP contribution in [0.4, 0.5) is 5.69 Å². The van der Waals surface area contributed by atoms with Crippen LogP contribution < -0.4 is 5.32 Å². The quantitative estimate of drug-likeness (QED) is 0.588. The number of ether oxygens (including phenoxy) is 1. The predicted molar refractivity (Wildman–Crippen MR) is 96.2 cm³/mol. The van der Waals surface area contributed by atoms with Gasteiger partial charge in [-0.05, 0) is 25.5 Å². The Balaban J connectivity index is 1.99. The molecule has 128 valence electrons. The number of carbonyl (C=O) groups excluding carboxylic acids is 1. The Morgan fingerprint density at radius 3 is 2.88 bits per heavy atom. The van der Waals surface area contributed by atoms with Crippen molar-refractivity contribution < 1.29 is 9.53 Å². The van der Waals surface area contributed by atoms with Gasteiger partial charge in [-0.3, -0.25) is 4.79 Å². The van der Waals surface area contributed by atoms with E-state index in [-0.39, 0.29) is 11.7 Å². The van der Waals surface area contributed by atoms with Crippen LogP contribution >= 0.6 is 11.8 Å². The number of aromatic nitrogens is 3. The van der Waals surface area contributed by atoms with Gasteiger partial charge in [0.05, 0.1) is 5.75 Å². The molecule has 6 nitrogen and oxygen atoms in total. The number of hydrogen-bond acceptors (Lipinski definition) is 5. The molecule has 1 aromatic carbocycles. The fourth-order valence-corrected chi connectivity index (χ4v) is 3.01. The van der Waals surface area contributed by atoms with Gasteiger partial charge in [-0.1, -0.05) is 35.5 Å². The molecule has 1 aromatic heterocycles. The first kappa shape index (κ1) is 18.2. The molecular weight excluding hydrogens is 324 g/mol. The normalized spacial score (nSPS) is 10.6. The smallest absolute Gasteiger partial charge is 0.234 e. The van der Waals surface area contributed by atoms with Crippen molar-refractivity contribution in [1.29, 1.82) is 0 Å². The number of amides is 1. The molecule has 0 spiro atoms. The van der Waals surface area contributed by atoms with E-state index >= 15 is 0 Å². The molecule has 0 atom stereocenters. The van der Waals surface area contributed by atoms with Gasteiger partial charge in [0.25, 0.3) is 0 Å². The number of methoxy groups -OCH3 is 1. The van der Waals surface area contributed by atoms with Crippen molar-refractivity contribution in [2.75, 3.05) is 18.2 Å². The summed E-state index contributed by atoms with van der Waals surface area (Å²) in [7, 11) is 1.61. The lowest BCUT2D eigenvalue weighted by Gasteiger charge is -2.09. The SMILES string of the molecule is C=CCn1c(COC)nnc1SCC(=O)Nc1ccc(C)cc1C. The summed E-state index contributed by atoms with van der Waals surface area (Å²) in [6.45, 7) is 8.69.